The Bertz CT molecular complexity index is 1150. The number of hydrogen-bond donors (Lipinski definition) is 0. The molecule has 8 heteroatoms. The van der Waals surface area contributed by atoms with Crippen molar-refractivity contribution >= 4 is 11.4 Å². The average molecular weight is 512 g/mol. The first-order valence-electron chi connectivity index (χ1n) is 13.1. The van der Waals surface area contributed by atoms with Gasteiger partial charge in [-0.3, -0.25) is 0 Å². The van der Waals surface area contributed by atoms with E-state index >= 15 is 0 Å². The molecule has 2 fully saturated rings. The van der Waals surface area contributed by atoms with E-state index < -0.39 is 11.7 Å². The van der Waals surface area contributed by atoms with Gasteiger partial charge in [0.15, 0.2) is 0 Å². The molecule has 0 amide bonds. The number of ether oxygens (including phenoxy) is 2. The third-order valence-electron chi connectivity index (χ3n) is 8.02. The molecule has 5 nitrogen and oxygen atoms in total. The van der Waals surface area contributed by atoms with Crippen molar-refractivity contribution in [1.29, 1.82) is 5.26 Å². The molecule has 0 bridgehead atoms. The molecule has 0 unspecified atom stereocenters. The third kappa shape index (κ3) is 5.22. The summed E-state index contributed by atoms with van der Waals surface area (Å²) >= 11 is 0. The largest absolute Gasteiger partial charge is 0.459 e. The van der Waals surface area contributed by atoms with Crippen LogP contribution >= 0.6 is 0 Å². The van der Waals surface area contributed by atoms with E-state index in [1.807, 2.05) is 0 Å². The number of hydrogen-bond acceptors (Lipinski definition) is 5. The van der Waals surface area contributed by atoms with E-state index in [1.165, 1.54) is 17.3 Å². The van der Waals surface area contributed by atoms with Crippen molar-refractivity contribution in [2.75, 3.05) is 36.0 Å². The highest BCUT2D eigenvalue weighted by atomic mass is 19.4. The molecule has 0 spiro atoms. The van der Waals surface area contributed by atoms with Crippen molar-refractivity contribution in [3.05, 3.63) is 71.2 Å². The Balaban J connectivity index is 1.21. The monoisotopic (exact) mass is 511 g/mol. The zero-order valence-corrected chi connectivity index (χ0v) is 21.0. The maximum absolute atomic E-state index is 13.8. The Labute approximate surface area is 216 Å². The van der Waals surface area contributed by atoms with Crippen molar-refractivity contribution in [3.63, 3.8) is 0 Å². The second-order valence-electron chi connectivity index (χ2n) is 10.0. The number of alkyl halides is 3. The fourth-order valence-electron chi connectivity index (χ4n) is 6.02. The smallest absolute Gasteiger partial charge is 0.418 e. The minimum atomic E-state index is -4.54. The summed E-state index contributed by atoms with van der Waals surface area (Å²) in [5.41, 5.74) is 2.25. The van der Waals surface area contributed by atoms with Gasteiger partial charge in [0.25, 0.3) is 0 Å². The Hall–Kier alpha value is -3.34. The lowest BCUT2D eigenvalue weighted by atomic mass is 9.88. The van der Waals surface area contributed by atoms with Gasteiger partial charge >= 0.3 is 6.18 Å². The lowest BCUT2D eigenvalue weighted by molar-refractivity contribution is -0.138. The number of rotatable bonds is 5. The van der Waals surface area contributed by atoms with Gasteiger partial charge in [-0.15, -0.1) is 0 Å². The van der Waals surface area contributed by atoms with Crippen LogP contribution in [-0.2, 0) is 22.1 Å². The Morgan fingerprint density at radius 2 is 1.51 bits per heavy atom. The van der Waals surface area contributed by atoms with Crippen molar-refractivity contribution in [1.82, 2.24) is 0 Å². The van der Waals surface area contributed by atoms with E-state index in [0.717, 1.165) is 38.8 Å². The molecule has 2 aromatic rings. The van der Waals surface area contributed by atoms with Crippen LogP contribution in [0, 0.1) is 17.2 Å². The van der Waals surface area contributed by atoms with Crippen LogP contribution < -0.4 is 9.80 Å². The van der Waals surface area contributed by atoms with Crippen LogP contribution in [0.4, 0.5) is 24.5 Å². The summed E-state index contributed by atoms with van der Waals surface area (Å²) in [6, 6.07) is 13.5. The second kappa shape index (κ2) is 10.6. The van der Waals surface area contributed by atoms with Gasteiger partial charge in [0, 0.05) is 43.5 Å². The zero-order chi connectivity index (χ0) is 26.0. The molecule has 2 saturated heterocycles. The maximum atomic E-state index is 13.8. The molecular weight excluding hydrogens is 479 g/mol. The molecule has 37 heavy (non-hydrogen) atoms. The average Bonchev–Trinajstić information content (AvgIpc) is 3.47. The van der Waals surface area contributed by atoms with Crippen LogP contribution in [-0.4, -0.2) is 32.5 Å². The van der Waals surface area contributed by atoms with E-state index in [2.05, 4.69) is 34.1 Å². The van der Waals surface area contributed by atoms with Gasteiger partial charge in [0.05, 0.1) is 17.2 Å². The first kappa shape index (κ1) is 25.3. The van der Waals surface area contributed by atoms with E-state index in [1.54, 1.807) is 31.6 Å². The number of anilines is 2. The van der Waals surface area contributed by atoms with Crippen LogP contribution in [0.5, 0.6) is 0 Å². The van der Waals surface area contributed by atoms with Crippen molar-refractivity contribution in [2.24, 2.45) is 5.92 Å². The van der Waals surface area contributed by atoms with Crippen molar-refractivity contribution in [3.8, 4) is 6.07 Å². The molecule has 0 atom stereocenters. The SMILES string of the molecule is CCc1c(N2CCC(c3ccc(N4CCC(C5OC=CO5)CC4)cc3)CC2)ccc(C#N)c1C(F)(F)F. The van der Waals surface area contributed by atoms with E-state index in [0.29, 0.717) is 30.6 Å². The Morgan fingerprint density at radius 3 is 2.08 bits per heavy atom. The number of nitrogens with zero attached hydrogens (tertiary/aromatic N) is 3. The van der Waals surface area contributed by atoms with Gasteiger partial charge in [-0.25, -0.2) is 0 Å². The summed E-state index contributed by atoms with van der Waals surface area (Å²) in [4.78, 5) is 4.46. The Kier molecular flexibility index (Phi) is 7.23. The van der Waals surface area contributed by atoms with Crippen molar-refractivity contribution in [2.45, 2.75) is 57.4 Å². The molecular formula is C29H32F3N3O2. The molecule has 0 radical (unpaired) electrons. The standard InChI is InChI=1S/C29H32F3N3O2/c1-2-25-26(8-5-23(19-33)27(25)29(30,31)32)35-15-9-21(10-16-35)20-3-6-24(7-4-20)34-13-11-22(12-14-34)28-36-17-18-37-28/h3-8,17-18,21-22,28H,2,9-16H2,1H3. The van der Waals surface area contributed by atoms with Crippen molar-refractivity contribution < 1.29 is 22.6 Å². The zero-order valence-electron chi connectivity index (χ0n) is 21.0. The predicted octanol–water partition coefficient (Wildman–Crippen LogP) is 6.58. The summed E-state index contributed by atoms with van der Waals surface area (Å²) in [6.07, 6.45) is 2.59. The van der Waals surface area contributed by atoms with Gasteiger partial charge in [0.1, 0.15) is 12.5 Å². The van der Waals surface area contributed by atoms with E-state index in [9.17, 15) is 18.4 Å². The van der Waals surface area contributed by atoms with Crippen LogP contribution in [0.2, 0.25) is 0 Å². The number of benzene rings is 2. The van der Waals surface area contributed by atoms with Crippen LogP contribution in [0.15, 0.2) is 48.9 Å². The normalized spacial score (nSPS) is 19.5. The van der Waals surface area contributed by atoms with Gasteiger partial charge < -0.3 is 19.3 Å². The summed E-state index contributed by atoms with van der Waals surface area (Å²) in [5, 5.41) is 9.24. The van der Waals surface area contributed by atoms with E-state index in [4.69, 9.17) is 9.47 Å². The number of nitriles is 1. The number of piperidine rings is 2. The first-order valence-corrected chi connectivity index (χ1v) is 13.1. The second-order valence-corrected chi connectivity index (χ2v) is 10.0. The van der Waals surface area contributed by atoms with Gasteiger partial charge in [-0.2, -0.15) is 18.4 Å². The summed E-state index contributed by atoms with van der Waals surface area (Å²) in [7, 11) is 0. The summed E-state index contributed by atoms with van der Waals surface area (Å²) in [6.45, 7) is 5.04. The highest BCUT2D eigenvalue weighted by Gasteiger charge is 2.38. The highest BCUT2D eigenvalue weighted by Crippen LogP contribution is 2.41. The minimum Gasteiger partial charge on any atom is -0.459 e. The molecule has 0 aromatic heterocycles. The van der Waals surface area contributed by atoms with Crippen LogP contribution in [0.25, 0.3) is 0 Å². The summed E-state index contributed by atoms with van der Waals surface area (Å²) < 4.78 is 52.4. The fraction of sp³-hybridized carbons (Fsp3) is 0.483. The Morgan fingerprint density at radius 1 is 0.892 bits per heavy atom. The van der Waals surface area contributed by atoms with Crippen LogP contribution in [0.3, 0.4) is 0 Å². The number of halogens is 3. The molecule has 3 aliphatic heterocycles. The summed E-state index contributed by atoms with van der Waals surface area (Å²) in [5.74, 6) is 0.790. The third-order valence-corrected chi connectivity index (χ3v) is 8.02. The van der Waals surface area contributed by atoms with Gasteiger partial charge in [-0.1, -0.05) is 19.1 Å². The molecule has 2 aromatic carbocycles. The van der Waals surface area contributed by atoms with Crippen LogP contribution in [0.1, 0.15) is 60.8 Å². The lowest BCUT2D eigenvalue weighted by Gasteiger charge is -2.36. The molecule has 3 aliphatic rings. The predicted molar refractivity (Wildman–Crippen MR) is 136 cm³/mol. The lowest BCUT2D eigenvalue weighted by Crippen LogP contribution is -2.38. The quantitative estimate of drug-likeness (QED) is 0.454. The topological polar surface area (TPSA) is 48.7 Å². The van der Waals surface area contributed by atoms with E-state index in [-0.39, 0.29) is 23.8 Å². The highest BCUT2D eigenvalue weighted by molar-refractivity contribution is 5.62. The molecule has 0 aliphatic carbocycles. The molecule has 0 N–H and O–H groups in total. The molecule has 0 saturated carbocycles. The molecule has 5 rings (SSSR count). The maximum Gasteiger partial charge on any atom is 0.418 e. The molecule has 196 valence electrons. The van der Waals surface area contributed by atoms with Gasteiger partial charge in [-0.05, 0) is 73.4 Å². The minimum absolute atomic E-state index is 0.145. The van der Waals surface area contributed by atoms with Gasteiger partial charge in [0.2, 0.25) is 6.29 Å². The molecule has 3 heterocycles. The first-order chi connectivity index (χ1) is 17.9. The fourth-order valence-corrected chi connectivity index (χ4v) is 6.02.